The van der Waals surface area contributed by atoms with Gasteiger partial charge in [-0.05, 0) is 37.1 Å². The van der Waals surface area contributed by atoms with E-state index >= 15 is 0 Å². The Bertz CT molecular complexity index is 1220. The molecule has 1 saturated carbocycles. The first-order chi connectivity index (χ1) is 14.9. The Kier molecular flexibility index (Phi) is 5.99. The predicted octanol–water partition coefficient (Wildman–Crippen LogP) is 4.29. The second-order valence-corrected chi connectivity index (χ2v) is 8.22. The zero-order valence-electron chi connectivity index (χ0n) is 16.4. The lowest BCUT2D eigenvalue weighted by atomic mass is 10.2. The maximum atomic E-state index is 13.3. The number of nitrogens with one attached hydrogen (secondary N) is 1. The standard InChI is InChI=1S/C21H19FN4O4S/c22-13-9-10-17(18(11-13)26(29)30)23-19(27)12-31-21-24-16-8-4-3-7-15(16)20(28)25(21)14-5-1-2-6-14/h3-4,7-11,14H,1-2,5-6,12H2,(H,23,27). The van der Waals surface area contributed by atoms with Gasteiger partial charge in [0.05, 0.1) is 27.6 Å². The minimum absolute atomic E-state index is 0.0355. The summed E-state index contributed by atoms with van der Waals surface area (Å²) in [6.07, 6.45) is 3.81. The minimum Gasteiger partial charge on any atom is -0.320 e. The van der Waals surface area contributed by atoms with Crippen molar-refractivity contribution < 1.29 is 14.1 Å². The van der Waals surface area contributed by atoms with E-state index in [1.165, 1.54) is 0 Å². The zero-order valence-corrected chi connectivity index (χ0v) is 17.2. The number of aromatic nitrogens is 2. The topological polar surface area (TPSA) is 107 Å². The van der Waals surface area contributed by atoms with Crippen molar-refractivity contribution in [3.8, 4) is 0 Å². The smallest absolute Gasteiger partial charge is 0.295 e. The molecule has 3 aromatic rings. The molecule has 0 atom stereocenters. The number of amides is 1. The Morgan fingerprint density at radius 2 is 2.00 bits per heavy atom. The van der Waals surface area contributed by atoms with Crippen LogP contribution >= 0.6 is 11.8 Å². The third-order valence-electron chi connectivity index (χ3n) is 5.23. The number of carbonyl (C=O) groups excluding carboxylic acids is 1. The highest BCUT2D eigenvalue weighted by Gasteiger charge is 2.24. The number of carbonyl (C=O) groups is 1. The molecule has 1 amide bonds. The van der Waals surface area contributed by atoms with Crippen molar-refractivity contribution >= 4 is 39.9 Å². The van der Waals surface area contributed by atoms with E-state index in [9.17, 15) is 24.1 Å². The number of anilines is 1. The number of halogens is 1. The van der Waals surface area contributed by atoms with Crippen molar-refractivity contribution in [2.24, 2.45) is 0 Å². The molecule has 2 aromatic carbocycles. The summed E-state index contributed by atoms with van der Waals surface area (Å²) in [4.78, 5) is 40.6. The number of para-hydroxylation sites is 1. The van der Waals surface area contributed by atoms with Crippen LogP contribution in [0.1, 0.15) is 31.7 Å². The largest absolute Gasteiger partial charge is 0.320 e. The fraction of sp³-hybridized carbons (Fsp3) is 0.286. The van der Waals surface area contributed by atoms with E-state index in [4.69, 9.17) is 0 Å². The van der Waals surface area contributed by atoms with Gasteiger partial charge in [-0.2, -0.15) is 0 Å². The normalized spacial score (nSPS) is 14.1. The van der Waals surface area contributed by atoms with Crippen LogP contribution < -0.4 is 10.9 Å². The predicted molar refractivity (Wildman–Crippen MR) is 116 cm³/mol. The van der Waals surface area contributed by atoms with Gasteiger partial charge >= 0.3 is 0 Å². The zero-order chi connectivity index (χ0) is 22.0. The number of benzene rings is 2. The first-order valence-corrected chi connectivity index (χ1v) is 10.8. The van der Waals surface area contributed by atoms with Gasteiger partial charge in [0, 0.05) is 6.04 Å². The summed E-state index contributed by atoms with van der Waals surface area (Å²) in [6.45, 7) is 0. The Hall–Kier alpha value is -3.27. The number of nitro groups is 1. The third-order valence-corrected chi connectivity index (χ3v) is 6.18. The molecule has 0 saturated heterocycles. The third kappa shape index (κ3) is 4.43. The molecular formula is C21H19FN4O4S. The Labute approximate surface area is 180 Å². The van der Waals surface area contributed by atoms with E-state index in [0.29, 0.717) is 16.1 Å². The van der Waals surface area contributed by atoms with Gasteiger partial charge in [-0.1, -0.05) is 36.7 Å². The van der Waals surface area contributed by atoms with E-state index < -0.39 is 22.3 Å². The van der Waals surface area contributed by atoms with Gasteiger partial charge in [-0.3, -0.25) is 24.3 Å². The molecule has 31 heavy (non-hydrogen) atoms. The van der Waals surface area contributed by atoms with E-state index in [2.05, 4.69) is 10.3 Å². The monoisotopic (exact) mass is 442 g/mol. The maximum absolute atomic E-state index is 13.3. The first-order valence-electron chi connectivity index (χ1n) is 9.82. The summed E-state index contributed by atoms with van der Waals surface area (Å²) < 4.78 is 15.0. The van der Waals surface area contributed by atoms with Crippen molar-refractivity contribution in [3.05, 3.63) is 68.7 Å². The Balaban J connectivity index is 1.59. The molecule has 8 nitrogen and oxygen atoms in total. The van der Waals surface area contributed by atoms with Gasteiger partial charge in [0.2, 0.25) is 5.91 Å². The molecule has 1 aliphatic rings. The van der Waals surface area contributed by atoms with Crippen molar-refractivity contribution in [3.63, 3.8) is 0 Å². The average Bonchev–Trinajstić information content (AvgIpc) is 3.28. The fourth-order valence-electron chi connectivity index (χ4n) is 3.79. The highest BCUT2D eigenvalue weighted by atomic mass is 32.2. The summed E-state index contributed by atoms with van der Waals surface area (Å²) in [6, 6.07) is 10.1. The quantitative estimate of drug-likeness (QED) is 0.264. The SMILES string of the molecule is O=C(CSc1nc2ccccc2c(=O)n1C1CCCC1)Nc1ccc(F)cc1[N+](=O)[O-]. The molecule has 0 radical (unpaired) electrons. The molecule has 1 heterocycles. The van der Waals surface area contributed by atoms with Gasteiger partial charge < -0.3 is 5.32 Å². The van der Waals surface area contributed by atoms with Crippen LogP contribution in [0.2, 0.25) is 0 Å². The van der Waals surface area contributed by atoms with Crippen LogP contribution in [0.25, 0.3) is 10.9 Å². The fourth-order valence-corrected chi connectivity index (χ4v) is 4.66. The van der Waals surface area contributed by atoms with Crippen LogP contribution in [0.3, 0.4) is 0 Å². The van der Waals surface area contributed by atoms with Crippen LogP contribution in [0.15, 0.2) is 52.4 Å². The van der Waals surface area contributed by atoms with Crippen molar-refractivity contribution in [2.45, 2.75) is 36.9 Å². The van der Waals surface area contributed by atoms with Crippen molar-refractivity contribution in [1.29, 1.82) is 0 Å². The van der Waals surface area contributed by atoms with E-state index in [1.807, 2.05) is 0 Å². The van der Waals surface area contributed by atoms with E-state index in [-0.39, 0.29) is 23.0 Å². The highest BCUT2D eigenvalue weighted by molar-refractivity contribution is 7.99. The van der Waals surface area contributed by atoms with E-state index in [0.717, 1.165) is 55.6 Å². The van der Waals surface area contributed by atoms with Crippen LogP contribution in [-0.4, -0.2) is 26.1 Å². The number of fused-ring (bicyclic) bond motifs is 1. The number of nitrogens with zero attached hydrogens (tertiary/aromatic N) is 3. The Morgan fingerprint density at radius 3 is 2.74 bits per heavy atom. The summed E-state index contributed by atoms with van der Waals surface area (Å²) in [7, 11) is 0. The first kappa shape index (κ1) is 21.0. The van der Waals surface area contributed by atoms with Crippen molar-refractivity contribution in [2.75, 3.05) is 11.1 Å². The van der Waals surface area contributed by atoms with Gasteiger partial charge in [-0.25, -0.2) is 9.37 Å². The van der Waals surface area contributed by atoms with Gasteiger partial charge in [0.25, 0.3) is 11.2 Å². The maximum Gasteiger partial charge on any atom is 0.295 e. The molecule has 10 heteroatoms. The lowest BCUT2D eigenvalue weighted by Crippen LogP contribution is -2.27. The highest BCUT2D eigenvalue weighted by Crippen LogP contribution is 2.32. The van der Waals surface area contributed by atoms with Crippen molar-refractivity contribution in [1.82, 2.24) is 9.55 Å². The molecule has 160 valence electrons. The number of thioether (sulfide) groups is 1. The molecule has 0 aliphatic heterocycles. The molecule has 1 aliphatic carbocycles. The minimum atomic E-state index is -0.764. The molecule has 1 N–H and O–H groups in total. The summed E-state index contributed by atoms with van der Waals surface area (Å²) in [5.41, 5.74) is -0.185. The summed E-state index contributed by atoms with van der Waals surface area (Å²) >= 11 is 1.10. The van der Waals surface area contributed by atoms with Gasteiger partial charge in [-0.15, -0.1) is 0 Å². The lowest BCUT2D eigenvalue weighted by Gasteiger charge is -2.18. The number of hydrogen-bond donors (Lipinski definition) is 1. The molecule has 0 spiro atoms. The summed E-state index contributed by atoms with van der Waals surface area (Å²) in [5, 5.41) is 14.5. The Morgan fingerprint density at radius 1 is 1.26 bits per heavy atom. The molecule has 0 unspecified atom stereocenters. The molecule has 1 aromatic heterocycles. The van der Waals surface area contributed by atoms with Crippen LogP contribution in [0.5, 0.6) is 0 Å². The molecular weight excluding hydrogens is 423 g/mol. The van der Waals surface area contributed by atoms with E-state index in [1.54, 1.807) is 28.8 Å². The lowest BCUT2D eigenvalue weighted by molar-refractivity contribution is -0.384. The second-order valence-electron chi connectivity index (χ2n) is 7.28. The average molecular weight is 442 g/mol. The number of hydrogen-bond acceptors (Lipinski definition) is 6. The number of nitro benzene ring substituents is 1. The molecule has 1 fully saturated rings. The summed E-state index contributed by atoms with van der Waals surface area (Å²) in [5.74, 6) is -1.38. The number of rotatable bonds is 6. The molecule has 0 bridgehead atoms. The molecule has 4 rings (SSSR count). The van der Waals surface area contributed by atoms with Gasteiger partial charge in [0.15, 0.2) is 5.16 Å². The van der Waals surface area contributed by atoms with Crippen LogP contribution in [-0.2, 0) is 4.79 Å². The van der Waals surface area contributed by atoms with Gasteiger partial charge in [0.1, 0.15) is 11.5 Å². The van der Waals surface area contributed by atoms with Crippen LogP contribution in [0.4, 0.5) is 15.8 Å². The van der Waals surface area contributed by atoms with Crippen LogP contribution in [0, 0.1) is 15.9 Å². The second kappa shape index (κ2) is 8.84.